The standard InChI is InChI=1S/C23H37N3O3/c1-17(14-18-10-6-5-7-11-18)24-15-19-12-8-9-13-20(19)29-16-21(27)25-22(28)26-23(2,3)4/h8-9,12-13,17-18,24H,5-7,10-11,14-16H2,1-4H3,(H2,25,26,27,28). The van der Waals surface area contributed by atoms with Crippen molar-refractivity contribution in [2.24, 2.45) is 5.92 Å². The summed E-state index contributed by atoms with van der Waals surface area (Å²) in [5.74, 6) is 1.03. The van der Waals surface area contributed by atoms with Crippen LogP contribution in [-0.4, -0.2) is 30.1 Å². The molecule has 0 aromatic heterocycles. The quantitative estimate of drug-likeness (QED) is 0.609. The molecule has 1 aliphatic carbocycles. The largest absolute Gasteiger partial charge is 0.483 e. The number of hydrogen-bond acceptors (Lipinski definition) is 4. The molecule has 6 heteroatoms. The summed E-state index contributed by atoms with van der Waals surface area (Å²) >= 11 is 0. The predicted molar refractivity (Wildman–Crippen MR) is 116 cm³/mol. The Morgan fingerprint density at radius 3 is 2.52 bits per heavy atom. The highest BCUT2D eigenvalue weighted by Gasteiger charge is 2.18. The molecule has 0 aliphatic heterocycles. The molecule has 3 N–H and O–H groups in total. The minimum Gasteiger partial charge on any atom is -0.483 e. The molecule has 0 spiro atoms. The third-order valence-electron chi connectivity index (χ3n) is 5.13. The van der Waals surface area contributed by atoms with Crippen molar-refractivity contribution in [3.63, 3.8) is 0 Å². The van der Waals surface area contributed by atoms with Crippen molar-refractivity contribution >= 4 is 11.9 Å². The van der Waals surface area contributed by atoms with E-state index in [9.17, 15) is 9.59 Å². The van der Waals surface area contributed by atoms with Gasteiger partial charge < -0.3 is 15.4 Å². The van der Waals surface area contributed by atoms with E-state index in [4.69, 9.17) is 4.74 Å². The summed E-state index contributed by atoms with van der Waals surface area (Å²) in [6.07, 6.45) is 8.02. The maximum absolute atomic E-state index is 12.0. The van der Waals surface area contributed by atoms with E-state index in [-0.39, 0.29) is 6.61 Å². The Hall–Kier alpha value is -2.08. The average Bonchev–Trinajstić information content (AvgIpc) is 2.64. The van der Waals surface area contributed by atoms with E-state index in [1.165, 1.54) is 38.5 Å². The van der Waals surface area contributed by atoms with Gasteiger partial charge in [-0.2, -0.15) is 0 Å². The van der Waals surface area contributed by atoms with Crippen molar-refractivity contribution in [3.8, 4) is 5.75 Å². The van der Waals surface area contributed by atoms with Gasteiger partial charge in [0, 0.05) is 23.7 Å². The molecule has 0 radical (unpaired) electrons. The summed E-state index contributed by atoms with van der Waals surface area (Å²) in [7, 11) is 0. The van der Waals surface area contributed by atoms with Crippen LogP contribution in [0.5, 0.6) is 5.75 Å². The molecule has 1 fully saturated rings. The minimum atomic E-state index is -0.516. The van der Waals surface area contributed by atoms with E-state index < -0.39 is 17.5 Å². The zero-order valence-electron chi connectivity index (χ0n) is 18.3. The third kappa shape index (κ3) is 9.31. The SMILES string of the molecule is CC(CC1CCCCC1)NCc1ccccc1OCC(=O)NC(=O)NC(C)(C)C. The molecular weight excluding hydrogens is 366 g/mol. The van der Waals surface area contributed by atoms with Crippen LogP contribution in [0.15, 0.2) is 24.3 Å². The molecule has 1 atom stereocenters. The Kier molecular flexibility index (Phi) is 8.96. The molecule has 29 heavy (non-hydrogen) atoms. The van der Waals surface area contributed by atoms with Crippen molar-refractivity contribution in [2.45, 2.75) is 84.3 Å². The first-order chi connectivity index (χ1) is 13.7. The normalized spacial score (nSPS) is 16.1. The van der Waals surface area contributed by atoms with Gasteiger partial charge in [-0.1, -0.05) is 50.3 Å². The van der Waals surface area contributed by atoms with Crippen molar-refractivity contribution in [3.05, 3.63) is 29.8 Å². The van der Waals surface area contributed by atoms with Gasteiger partial charge in [-0.05, 0) is 46.1 Å². The number of carbonyl (C=O) groups is 2. The monoisotopic (exact) mass is 403 g/mol. The summed E-state index contributed by atoms with van der Waals surface area (Å²) in [5.41, 5.74) is 0.604. The summed E-state index contributed by atoms with van der Waals surface area (Å²) in [5, 5.41) is 8.57. The molecule has 1 unspecified atom stereocenters. The Labute approximate surface area is 175 Å². The van der Waals surface area contributed by atoms with Gasteiger partial charge in [0.15, 0.2) is 6.61 Å². The van der Waals surface area contributed by atoms with Crippen molar-refractivity contribution in [2.75, 3.05) is 6.61 Å². The molecule has 162 valence electrons. The molecule has 1 aliphatic rings. The molecule has 0 saturated heterocycles. The van der Waals surface area contributed by atoms with Gasteiger partial charge in [-0.3, -0.25) is 10.1 Å². The van der Waals surface area contributed by atoms with Crippen LogP contribution in [0.3, 0.4) is 0 Å². The molecule has 1 aromatic rings. The number of benzene rings is 1. The van der Waals surface area contributed by atoms with Crippen LogP contribution in [0.25, 0.3) is 0 Å². The fraction of sp³-hybridized carbons (Fsp3) is 0.652. The fourth-order valence-electron chi connectivity index (χ4n) is 3.76. The number of imide groups is 1. The average molecular weight is 404 g/mol. The summed E-state index contributed by atoms with van der Waals surface area (Å²) in [6.45, 7) is 8.28. The second kappa shape index (κ2) is 11.2. The maximum atomic E-state index is 12.0. The van der Waals surface area contributed by atoms with E-state index in [0.29, 0.717) is 18.3 Å². The van der Waals surface area contributed by atoms with Crippen LogP contribution >= 0.6 is 0 Å². The van der Waals surface area contributed by atoms with Gasteiger partial charge in [0.05, 0.1) is 0 Å². The van der Waals surface area contributed by atoms with Gasteiger partial charge >= 0.3 is 6.03 Å². The van der Waals surface area contributed by atoms with E-state index in [2.05, 4.69) is 22.9 Å². The number of rotatable bonds is 8. The molecule has 3 amide bonds. The summed E-state index contributed by atoms with van der Waals surface area (Å²) in [4.78, 5) is 23.8. The van der Waals surface area contributed by atoms with Crippen LogP contribution in [-0.2, 0) is 11.3 Å². The lowest BCUT2D eigenvalue weighted by Gasteiger charge is -2.25. The second-order valence-electron chi connectivity index (χ2n) is 9.17. The molecule has 6 nitrogen and oxygen atoms in total. The van der Waals surface area contributed by atoms with Crippen LogP contribution in [0.4, 0.5) is 4.79 Å². The van der Waals surface area contributed by atoms with Crippen molar-refractivity contribution < 1.29 is 14.3 Å². The molecule has 0 bridgehead atoms. The highest BCUT2D eigenvalue weighted by Crippen LogP contribution is 2.27. The lowest BCUT2D eigenvalue weighted by Crippen LogP contribution is -2.49. The number of nitrogens with one attached hydrogen (secondary N) is 3. The Morgan fingerprint density at radius 2 is 1.83 bits per heavy atom. The van der Waals surface area contributed by atoms with Gasteiger partial charge in [-0.25, -0.2) is 4.79 Å². The van der Waals surface area contributed by atoms with Crippen LogP contribution in [0.2, 0.25) is 0 Å². The molecule has 1 aromatic carbocycles. The summed E-state index contributed by atoms with van der Waals surface area (Å²) < 4.78 is 5.68. The van der Waals surface area contributed by atoms with Gasteiger partial charge in [0.1, 0.15) is 5.75 Å². The topological polar surface area (TPSA) is 79.5 Å². The molecule has 0 heterocycles. The van der Waals surface area contributed by atoms with Crippen molar-refractivity contribution in [1.29, 1.82) is 0 Å². The molecule has 2 rings (SSSR count). The number of para-hydroxylation sites is 1. The maximum Gasteiger partial charge on any atom is 0.321 e. The number of urea groups is 1. The van der Waals surface area contributed by atoms with Gasteiger partial charge in [0.25, 0.3) is 5.91 Å². The number of ether oxygens (including phenoxy) is 1. The zero-order chi connectivity index (χ0) is 21.3. The number of amides is 3. The van der Waals surface area contributed by atoms with Crippen LogP contribution in [0, 0.1) is 5.92 Å². The van der Waals surface area contributed by atoms with E-state index in [1.807, 2.05) is 45.0 Å². The number of carbonyl (C=O) groups excluding carboxylic acids is 2. The molecular formula is C23H37N3O3. The van der Waals surface area contributed by atoms with E-state index in [0.717, 1.165) is 11.5 Å². The third-order valence-corrected chi connectivity index (χ3v) is 5.13. The lowest BCUT2D eigenvalue weighted by atomic mass is 9.85. The number of hydrogen-bond donors (Lipinski definition) is 3. The highest BCUT2D eigenvalue weighted by molar-refractivity contribution is 5.95. The fourth-order valence-corrected chi connectivity index (χ4v) is 3.76. The first kappa shape index (κ1) is 23.2. The van der Waals surface area contributed by atoms with Gasteiger partial charge in [-0.15, -0.1) is 0 Å². The van der Waals surface area contributed by atoms with E-state index >= 15 is 0 Å². The second-order valence-corrected chi connectivity index (χ2v) is 9.17. The highest BCUT2D eigenvalue weighted by atomic mass is 16.5. The van der Waals surface area contributed by atoms with Crippen molar-refractivity contribution in [1.82, 2.24) is 16.0 Å². The van der Waals surface area contributed by atoms with Gasteiger partial charge in [0.2, 0.25) is 0 Å². The van der Waals surface area contributed by atoms with E-state index in [1.54, 1.807) is 0 Å². The summed E-state index contributed by atoms with van der Waals surface area (Å²) in [6, 6.07) is 7.62. The Morgan fingerprint density at radius 1 is 1.14 bits per heavy atom. The first-order valence-electron chi connectivity index (χ1n) is 10.8. The molecule has 1 saturated carbocycles. The van der Waals surface area contributed by atoms with Crippen LogP contribution in [0.1, 0.15) is 71.8 Å². The predicted octanol–water partition coefficient (Wildman–Crippen LogP) is 4.14. The smallest absolute Gasteiger partial charge is 0.321 e. The Balaban J connectivity index is 1.78. The first-order valence-corrected chi connectivity index (χ1v) is 10.8. The minimum absolute atomic E-state index is 0.202. The van der Waals surface area contributed by atoms with Crippen LogP contribution < -0.4 is 20.7 Å². The Bertz CT molecular complexity index is 664. The lowest BCUT2D eigenvalue weighted by molar-refractivity contribution is -0.122. The zero-order valence-corrected chi connectivity index (χ0v) is 18.3.